The van der Waals surface area contributed by atoms with E-state index in [9.17, 15) is 14.2 Å². The number of esters is 1. The first-order valence-corrected chi connectivity index (χ1v) is 9.78. The van der Waals surface area contributed by atoms with Crippen molar-refractivity contribution >= 4 is 35.4 Å². The van der Waals surface area contributed by atoms with Crippen LogP contribution in [0.15, 0.2) is 35.3 Å². The maximum Gasteiger partial charge on any atom is 0.334 e. The summed E-state index contributed by atoms with van der Waals surface area (Å²) in [4.78, 5) is 24.0. The highest BCUT2D eigenvalue weighted by molar-refractivity contribution is 9.11. The Kier molecular flexibility index (Phi) is 8.52. The minimum absolute atomic E-state index is 0.0933. The predicted octanol–water partition coefficient (Wildman–Crippen LogP) is 3.24. The van der Waals surface area contributed by atoms with Gasteiger partial charge in [-0.15, -0.1) is 0 Å². The first kappa shape index (κ1) is 21.6. The van der Waals surface area contributed by atoms with Crippen molar-refractivity contribution in [1.82, 2.24) is 5.32 Å². The van der Waals surface area contributed by atoms with Gasteiger partial charge in [-0.2, -0.15) is 0 Å². The third-order valence-corrected chi connectivity index (χ3v) is 5.55. The van der Waals surface area contributed by atoms with Crippen LogP contribution in [0.5, 0.6) is 0 Å². The summed E-state index contributed by atoms with van der Waals surface area (Å²) in [6.07, 6.45) is 0.303. The highest BCUT2D eigenvalue weighted by Gasteiger charge is 2.24. The van der Waals surface area contributed by atoms with Gasteiger partial charge in [0, 0.05) is 26.2 Å². The van der Waals surface area contributed by atoms with Gasteiger partial charge in [-0.05, 0) is 22.2 Å². The molecule has 0 spiro atoms. The molecule has 0 aliphatic heterocycles. The maximum atomic E-state index is 12.3. The van der Waals surface area contributed by atoms with Crippen molar-refractivity contribution in [3.63, 3.8) is 0 Å². The molecule has 1 atom stereocenters. The number of carbonyl (C=O) groups excluding carboxylic acids is 2. The van der Waals surface area contributed by atoms with Crippen LogP contribution in [0.1, 0.15) is 22.3 Å². The van der Waals surface area contributed by atoms with Crippen LogP contribution >= 0.6 is 23.5 Å². The van der Waals surface area contributed by atoms with Crippen LogP contribution in [0.3, 0.4) is 0 Å². The van der Waals surface area contributed by atoms with E-state index in [2.05, 4.69) is 32.6 Å². The molecule has 0 unspecified atom stereocenters. The molecule has 138 valence electrons. The number of hydrogen-bond donors (Lipinski definition) is 1. The van der Waals surface area contributed by atoms with Crippen LogP contribution in [0.25, 0.3) is 0 Å². The van der Waals surface area contributed by atoms with Gasteiger partial charge in [0.2, 0.25) is 0 Å². The number of carbonyl (C=O) groups is 2. The fraction of sp³-hybridized carbons (Fsp3) is 0.375. The molecule has 0 saturated carbocycles. The van der Waals surface area contributed by atoms with Gasteiger partial charge in [0.05, 0.1) is 13.3 Å². The van der Waals surface area contributed by atoms with E-state index < -0.39 is 25.5 Å². The van der Waals surface area contributed by atoms with Gasteiger partial charge in [-0.1, -0.05) is 34.6 Å². The number of ether oxygens (including phenoxy) is 1. The zero-order chi connectivity index (χ0) is 19.0. The molecule has 25 heavy (non-hydrogen) atoms. The summed E-state index contributed by atoms with van der Waals surface area (Å²) in [6, 6.07) is 5.59. The molecule has 0 heterocycles. The predicted molar refractivity (Wildman–Crippen MR) is 97.7 cm³/mol. The van der Waals surface area contributed by atoms with E-state index in [0.717, 1.165) is 0 Å². The Hall–Kier alpha value is -1.47. The summed E-state index contributed by atoms with van der Waals surface area (Å²) in [5.74, 6) is -0.996. The van der Waals surface area contributed by atoms with Crippen LogP contribution in [0.2, 0.25) is 0 Å². The van der Waals surface area contributed by atoms with E-state index in [-0.39, 0.29) is 12.6 Å². The first-order chi connectivity index (χ1) is 11.7. The topological polar surface area (TPSA) is 90.9 Å². The van der Waals surface area contributed by atoms with E-state index in [4.69, 9.17) is 9.05 Å². The molecular formula is C16H21BrNO6P. The lowest BCUT2D eigenvalue weighted by Gasteiger charge is -2.16. The number of halogens is 1. The Morgan fingerprint density at radius 3 is 2.20 bits per heavy atom. The minimum atomic E-state index is -3.17. The van der Waals surface area contributed by atoms with Gasteiger partial charge in [-0.3, -0.25) is 9.36 Å². The Labute approximate surface area is 155 Å². The van der Waals surface area contributed by atoms with Crippen LogP contribution < -0.4 is 5.32 Å². The highest BCUT2D eigenvalue weighted by atomic mass is 79.9. The average molecular weight is 434 g/mol. The summed E-state index contributed by atoms with van der Waals surface area (Å²) >= 11 is 3.17. The van der Waals surface area contributed by atoms with Gasteiger partial charge in [-0.25, -0.2) is 4.79 Å². The molecule has 0 bridgehead atoms. The molecule has 1 aromatic carbocycles. The highest BCUT2D eigenvalue weighted by Crippen LogP contribution is 2.49. The van der Waals surface area contributed by atoms with Crippen LogP contribution in [0.4, 0.5) is 0 Å². The van der Waals surface area contributed by atoms with E-state index in [0.29, 0.717) is 15.6 Å². The summed E-state index contributed by atoms with van der Waals surface area (Å²) in [5, 5.41) is 2.60. The lowest BCUT2D eigenvalue weighted by Crippen LogP contribution is -2.41. The molecule has 0 fully saturated rings. The Bertz CT molecular complexity index is 668. The molecule has 1 aromatic rings. The number of benzene rings is 1. The van der Waals surface area contributed by atoms with Crippen molar-refractivity contribution in [1.29, 1.82) is 0 Å². The van der Waals surface area contributed by atoms with E-state index >= 15 is 0 Å². The second-order valence-corrected chi connectivity index (χ2v) is 8.49. The quantitative estimate of drug-likeness (QED) is 0.474. The van der Waals surface area contributed by atoms with Gasteiger partial charge >= 0.3 is 13.6 Å². The number of hydrogen-bond acceptors (Lipinski definition) is 6. The third-order valence-electron chi connectivity index (χ3n) is 3.37. The number of rotatable bonds is 9. The smallest absolute Gasteiger partial charge is 0.334 e. The minimum Gasteiger partial charge on any atom is -0.467 e. The average Bonchev–Trinajstić information content (AvgIpc) is 2.60. The van der Waals surface area contributed by atoms with Crippen LogP contribution in [0, 0.1) is 0 Å². The van der Waals surface area contributed by atoms with E-state index in [1.807, 2.05) is 0 Å². The third kappa shape index (κ3) is 6.74. The van der Waals surface area contributed by atoms with Crippen molar-refractivity contribution < 1.29 is 27.9 Å². The number of nitrogens with one attached hydrogen (secondary N) is 1. The molecule has 0 saturated heterocycles. The number of amides is 1. The standard InChI is InChI=1S/C16H21BrNO6P/c1-11(17)9-14(16(20)22-2)18-15(19)13-7-5-12(6-8-13)10-25(21,23-3)24-4/h5-8,14H,1,9-10H2,2-4H3,(H,18,19)/t14-/m0/s1. The molecular weight excluding hydrogens is 413 g/mol. The fourth-order valence-corrected chi connectivity index (χ4v) is 3.38. The molecule has 7 nitrogen and oxygen atoms in total. The van der Waals surface area contributed by atoms with Crippen molar-refractivity contribution in [3.05, 3.63) is 46.5 Å². The summed E-state index contributed by atoms with van der Waals surface area (Å²) in [6.45, 7) is 3.66. The van der Waals surface area contributed by atoms with Gasteiger partial charge in [0.15, 0.2) is 0 Å². The zero-order valence-electron chi connectivity index (χ0n) is 14.3. The first-order valence-electron chi connectivity index (χ1n) is 7.26. The summed E-state index contributed by atoms with van der Waals surface area (Å²) < 4.78 is 27.1. The summed E-state index contributed by atoms with van der Waals surface area (Å²) in [7, 11) is 0.705. The number of methoxy groups -OCH3 is 1. The van der Waals surface area contributed by atoms with Crippen molar-refractivity contribution in [2.75, 3.05) is 21.3 Å². The molecule has 1 amide bonds. The molecule has 0 aliphatic carbocycles. The largest absolute Gasteiger partial charge is 0.467 e. The van der Waals surface area contributed by atoms with Crippen molar-refractivity contribution in [3.8, 4) is 0 Å². The van der Waals surface area contributed by atoms with Crippen molar-refractivity contribution in [2.45, 2.75) is 18.6 Å². The monoisotopic (exact) mass is 433 g/mol. The van der Waals surface area contributed by atoms with Crippen LogP contribution in [-0.2, 0) is 29.3 Å². The SMILES string of the molecule is C=C(Br)C[C@H](NC(=O)c1ccc(CP(=O)(OC)OC)cc1)C(=O)OC. The lowest BCUT2D eigenvalue weighted by molar-refractivity contribution is -0.142. The molecule has 0 aliphatic rings. The molecule has 9 heteroatoms. The normalized spacial score (nSPS) is 12.3. The van der Waals surface area contributed by atoms with Gasteiger partial charge in [0.1, 0.15) is 6.04 Å². The summed E-state index contributed by atoms with van der Waals surface area (Å²) in [5.41, 5.74) is 1.05. The Morgan fingerprint density at radius 1 is 1.20 bits per heavy atom. The second-order valence-electron chi connectivity index (χ2n) is 5.10. The molecule has 1 N–H and O–H groups in total. The Morgan fingerprint density at radius 2 is 1.76 bits per heavy atom. The second kappa shape index (κ2) is 9.87. The van der Waals surface area contributed by atoms with Crippen molar-refractivity contribution in [2.24, 2.45) is 0 Å². The molecule has 0 aromatic heterocycles. The fourth-order valence-electron chi connectivity index (χ4n) is 1.99. The zero-order valence-corrected chi connectivity index (χ0v) is 16.8. The molecule has 1 rings (SSSR count). The Balaban J connectivity index is 2.83. The maximum absolute atomic E-state index is 12.3. The van der Waals surface area contributed by atoms with E-state index in [1.165, 1.54) is 21.3 Å². The lowest BCUT2D eigenvalue weighted by atomic mass is 10.1. The van der Waals surface area contributed by atoms with Crippen LogP contribution in [-0.4, -0.2) is 39.2 Å². The van der Waals surface area contributed by atoms with Gasteiger partial charge < -0.3 is 19.1 Å². The van der Waals surface area contributed by atoms with E-state index in [1.54, 1.807) is 24.3 Å². The molecule has 0 radical (unpaired) electrons. The van der Waals surface area contributed by atoms with Gasteiger partial charge in [0.25, 0.3) is 5.91 Å².